The van der Waals surface area contributed by atoms with Gasteiger partial charge >= 0.3 is 0 Å². The zero-order valence-electron chi connectivity index (χ0n) is 14.1. The Morgan fingerprint density at radius 3 is 2.26 bits per heavy atom. The van der Waals surface area contributed by atoms with Gasteiger partial charge < -0.3 is 21.3 Å². The van der Waals surface area contributed by atoms with Crippen molar-refractivity contribution in [1.29, 1.82) is 0 Å². The van der Waals surface area contributed by atoms with Crippen LogP contribution >= 0.6 is 24.0 Å². The summed E-state index contributed by atoms with van der Waals surface area (Å²) in [6.45, 7) is 6.01. The van der Waals surface area contributed by atoms with Crippen LogP contribution in [0.5, 0.6) is 0 Å². The third-order valence-corrected chi connectivity index (χ3v) is 4.83. The molecule has 7 heteroatoms. The summed E-state index contributed by atoms with van der Waals surface area (Å²) in [4.78, 5) is 20.3. The normalized spacial score (nSPS) is 21.0. The lowest BCUT2D eigenvalue weighted by Crippen LogP contribution is -2.41. The molecular weight excluding hydrogens is 405 g/mol. The SMILES string of the molecule is I.NC(=O)C1CCN(CCCCN=C(N)N2CCCCC2)CC1. The summed E-state index contributed by atoms with van der Waals surface area (Å²) in [5.41, 5.74) is 11.4. The summed E-state index contributed by atoms with van der Waals surface area (Å²) in [5.74, 6) is 0.675. The van der Waals surface area contributed by atoms with Crippen LogP contribution in [0.1, 0.15) is 44.9 Å². The number of hydrogen-bond donors (Lipinski definition) is 2. The molecule has 2 heterocycles. The molecule has 0 saturated carbocycles. The first-order chi connectivity index (χ1) is 10.7. The number of nitrogens with zero attached hydrogens (tertiary/aromatic N) is 3. The summed E-state index contributed by atoms with van der Waals surface area (Å²) in [6, 6.07) is 0. The molecule has 0 radical (unpaired) electrons. The van der Waals surface area contributed by atoms with E-state index in [1.165, 1.54) is 19.3 Å². The molecule has 2 rings (SSSR count). The lowest BCUT2D eigenvalue weighted by molar-refractivity contribution is -0.123. The van der Waals surface area contributed by atoms with Crippen molar-refractivity contribution in [3.63, 3.8) is 0 Å². The molecule has 0 atom stereocenters. The summed E-state index contributed by atoms with van der Waals surface area (Å²) < 4.78 is 0. The molecule has 23 heavy (non-hydrogen) atoms. The van der Waals surface area contributed by atoms with Crippen molar-refractivity contribution in [2.24, 2.45) is 22.4 Å². The van der Waals surface area contributed by atoms with E-state index in [0.717, 1.165) is 70.9 Å². The fraction of sp³-hybridized carbons (Fsp3) is 0.875. The highest BCUT2D eigenvalue weighted by Gasteiger charge is 2.22. The van der Waals surface area contributed by atoms with E-state index in [9.17, 15) is 4.79 Å². The number of rotatable bonds is 6. The molecule has 1 amide bonds. The molecular formula is C16H32IN5O. The zero-order chi connectivity index (χ0) is 15.8. The molecule has 0 bridgehead atoms. The average Bonchev–Trinajstić information content (AvgIpc) is 2.55. The van der Waals surface area contributed by atoms with Gasteiger partial charge in [-0.3, -0.25) is 9.79 Å². The first-order valence-corrected chi connectivity index (χ1v) is 8.73. The quantitative estimate of drug-likeness (QED) is 0.285. The van der Waals surface area contributed by atoms with Crippen LogP contribution in [0.4, 0.5) is 0 Å². The first-order valence-electron chi connectivity index (χ1n) is 8.73. The van der Waals surface area contributed by atoms with Crippen LogP contribution in [0.2, 0.25) is 0 Å². The Kier molecular flexibility index (Phi) is 9.85. The molecule has 0 unspecified atom stereocenters. The standard InChI is InChI=1S/C16H31N5O.HI/c17-15(22)14-6-12-20(13-7-14)9-5-2-8-19-16(18)21-10-3-1-4-11-21;/h14H,1-13H2,(H2,17,22)(H2,18,19);1H. The highest BCUT2D eigenvalue weighted by Crippen LogP contribution is 2.16. The van der Waals surface area contributed by atoms with E-state index in [1.807, 2.05) is 0 Å². The number of halogens is 1. The highest BCUT2D eigenvalue weighted by atomic mass is 127. The lowest BCUT2D eigenvalue weighted by atomic mass is 9.96. The highest BCUT2D eigenvalue weighted by molar-refractivity contribution is 14.0. The predicted molar refractivity (Wildman–Crippen MR) is 105 cm³/mol. The number of piperidine rings is 2. The van der Waals surface area contributed by atoms with Gasteiger partial charge in [-0.1, -0.05) is 0 Å². The number of carbonyl (C=O) groups is 1. The van der Waals surface area contributed by atoms with Crippen LogP contribution < -0.4 is 11.5 Å². The summed E-state index contributed by atoms with van der Waals surface area (Å²) in [5, 5.41) is 0. The smallest absolute Gasteiger partial charge is 0.220 e. The molecule has 2 fully saturated rings. The number of amides is 1. The van der Waals surface area contributed by atoms with Gasteiger partial charge in [0.2, 0.25) is 5.91 Å². The van der Waals surface area contributed by atoms with Gasteiger partial charge in [-0.25, -0.2) is 0 Å². The van der Waals surface area contributed by atoms with E-state index in [-0.39, 0.29) is 35.8 Å². The van der Waals surface area contributed by atoms with Crippen molar-refractivity contribution in [2.75, 3.05) is 39.3 Å². The fourth-order valence-corrected chi connectivity index (χ4v) is 3.30. The Morgan fingerprint density at radius 2 is 1.65 bits per heavy atom. The summed E-state index contributed by atoms with van der Waals surface area (Å²) in [7, 11) is 0. The maximum absolute atomic E-state index is 11.1. The number of likely N-dealkylation sites (tertiary alicyclic amines) is 2. The predicted octanol–water partition coefficient (Wildman–Crippen LogP) is 1.38. The Bertz CT molecular complexity index is 377. The van der Waals surface area contributed by atoms with E-state index >= 15 is 0 Å². The maximum Gasteiger partial charge on any atom is 0.220 e. The minimum atomic E-state index is -0.137. The number of nitrogens with two attached hydrogens (primary N) is 2. The lowest BCUT2D eigenvalue weighted by Gasteiger charge is -2.30. The molecule has 2 aliphatic rings. The van der Waals surface area contributed by atoms with Crippen LogP contribution in [0.15, 0.2) is 4.99 Å². The van der Waals surface area contributed by atoms with Crippen LogP contribution in [0, 0.1) is 5.92 Å². The molecule has 2 saturated heterocycles. The topological polar surface area (TPSA) is 88.0 Å². The van der Waals surface area contributed by atoms with Crippen LogP contribution in [0.3, 0.4) is 0 Å². The monoisotopic (exact) mass is 437 g/mol. The van der Waals surface area contributed by atoms with Gasteiger partial charge in [0.1, 0.15) is 0 Å². The number of primary amides is 1. The number of aliphatic imine (C=N–C) groups is 1. The molecule has 0 spiro atoms. The van der Waals surface area contributed by atoms with Gasteiger partial charge in [0.15, 0.2) is 5.96 Å². The average molecular weight is 437 g/mol. The number of unbranched alkanes of at least 4 members (excludes halogenated alkanes) is 1. The minimum Gasteiger partial charge on any atom is -0.370 e. The molecule has 0 aromatic rings. The Labute approximate surface area is 157 Å². The van der Waals surface area contributed by atoms with E-state index in [4.69, 9.17) is 11.5 Å². The number of hydrogen-bond acceptors (Lipinski definition) is 3. The van der Waals surface area contributed by atoms with E-state index in [1.54, 1.807) is 0 Å². The Hall–Kier alpha value is -0.570. The summed E-state index contributed by atoms with van der Waals surface area (Å²) in [6.07, 6.45) is 7.82. The van der Waals surface area contributed by atoms with Crippen molar-refractivity contribution in [3.8, 4) is 0 Å². The van der Waals surface area contributed by atoms with Crippen molar-refractivity contribution < 1.29 is 4.79 Å². The maximum atomic E-state index is 11.1. The third kappa shape index (κ3) is 7.24. The van der Waals surface area contributed by atoms with Gasteiger partial charge in [-0.15, -0.1) is 24.0 Å². The van der Waals surface area contributed by atoms with Crippen LogP contribution in [0.25, 0.3) is 0 Å². The summed E-state index contributed by atoms with van der Waals surface area (Å²) >= 11 is 0. The number of carbonyl (C=O) groups excluding carboxylic acids is 1. The van der Waals surface area contributed by atoms with Gasteiger partial charge in [0.25, 0.3) is 0 Å². The van der Waals surface area contributed by atoms with Gasteiger partial charge in [0.05, 0.1) is 0 Å². The molecule has 2 aliphatic heterocycles. The second-order valence-corrected chi connectivity index (χ2v) is 6.51. The van der Waals surface area contributed by atoms with Gasteiger partial charge in [-0.2, -0.15) is 0 Å². The van der Waals surface area contributed by atoms with E-state index in [2.05, 4.69) is 14.8 Å². The molecule has 4 N–H and O–H groups in total. The molecule has 134 valence electrons. The van der Waals surface area contributed by atoms with E-state index < -0.39 is 0 Å². The minimum absolute atomic E-state index is 0. The Morgan fingerprint density at radius 1 is 1.00 bits per heavy atom. The fourth-order valence-electron chi connectivity index (χ4n) is 3.30. The van der Waals surface area contributed by atoms with Gasteiger partial charge in [-0.05, 0) is 64.6 Å². The van der Waals surface area contributed by atoms with Crippen LogP contribution in [-0.2, 0) is 4.79 Å². The second-order valence-electron chi connectivity index (χ2n) is 6.51. The Balaban J connectivity index is 0.00000264. The van der Waals surface area contributed by atoms with Crippen molar-refractivity contribution in [3.05, 3.63) is 0 Å². The van der Waals surface area contributed by atoms with Crippen molar-refractivity contribution in [2.45, 2.75) is 44.9 Å². The zero-order valence-corrected chi connectivity index (χ0v) is 16.4. The molecule has 0 aromatic heterocycles. The van der Waals surface area contributed by atoms with Crippen molar-refractivity contribution in [1.82, 2.24) is 9.80 Å². The molecule has 0 aromatic carbocycles. The first kappa shape index (κ1) is 20.5. The van der Waals surface area contributed by atoms with E-state index in [0.29, 0.717) is 0 Å². The van der Waals surface area contributed by atoms with Crippen molar-refractivity contribution >= 4 is 35.8 Å². The largest absolute Gasteiger partial charge is 0.370 e. The third-order valence-electron chi connectivity index (χ3n) is 4.83. The second kappa shape index (κ2) is 11.1. The molecule has 6 nitrogen and oxygen atoms in total. The number of guanidine groups is 1. The van der Waals surface area contributed by atoms with Crippen LogP contribution in [-0.4, -0.2) is 60.9 Å². The van der Waals surface area contributed by atoms with Gasteiger partial charge in [0, 0.05) is 25.6 Å². The molecule has 0 aliphatic carbocycles.